The molecule has 0 aliphatic rings. The summed E-state index contributed by atoms with van der Waals surface area (Å²) in [6.07, 6.45) is 2.92. The summed E-state index contributed by atoms with van der Waals surface area (Å²) in [6, 6.07) is 12.4. The zero-order valence-electron chi connectivity index (χ0n) is 16.7. The smallest absolute Gasteiger partial charge is 0.222 e. The molecule has 0 fully saturated rings. The van der Waals surface area contributed by atoms with Crippen molar-refractivity contribution in [3.63, 3.8) is 0 Å². The lowest BCUT2D eigenvalue weighted by Gasteiger charge is -2.21. The van der Waals surface area contributed by atoms with Crippen LogP contribution in [0, 0.1) is 12.7 Å². The zero-order chi connectivity index (χ0) is 20.1. The molecule has 1 amide bonds. The van der Waals surface area contributed by atoms with Crippen LogP contribution in [0.2, 0.25) is 0 Å². The predicted octanol–water partition coefficient (Wildman–Crippen LogP) is 3.68. The molecular weight excluding hydrogens is 355 g/mol. The Morgan fingerprint density at radius 3 is 2.68 bits per heavy atom. The maximum Gasteiger partial charge on any atom is 0.222 e. The Kier molecular flexibility index (Phi) is 6.41. The highest BCUT2D eigenvalue weighted by atomic mass is 19.1. The number of hydrogen-bond donors (Lipinski definition) is 1. The molecule has 0 aliphatic heterocycles. The lowest BCUT2D eigenvalue weighted by molar-refractivity contribution is -0.122. The van der Waals surface area contributed by atoms with E-state index in [1.165, 1.54) is 17.7 Å². The van der Waals surface area contributed by atoms with Crippen LogP contribution < -0.4 is 5.32 Å². The lowest BCUT2D eigenvalue weighted by Crippen LogP contribution is -2.31. The van der Waals surface area contributed by atoms with E-state index in [1.54, 1.807) is 12.1 Å². The zero-order valence-corrected chi connectivity index (χ0v) is 16.7. The van der Waals surface area contributed by atoms with Crippen LogP contribution in [0.25, 0.3) is 10.9 Å². The summed E-state index contributed by atoms with van der Waals surface area (Å²) in [4.78, 5) is 14.7. The fourth-order valence-corrected chi connectivity index (χ4v) is 3.24. The van der Waals surface area contributed by atoms with Crippen LogP contribution in [0.4, 0.5) is 4.39 Å². The lowest BCUT2D eigenvalue weighted by atomic mass is 10.0. The average Bonchev–Trinajstić information content (AvgIpc) is 3.06. The first-order valence-electron chi connectivity index (χ1n) is 9.54. The Morgan fingerprint density at radius 1 is 1.21 bits per heavy atom. The Hall–Kier alpha value is -2.73. The van der Waals surface area contributed by atoms with Crippen molar-refractivity contribution in [3.8, 4) is 0 Å². The number of aromatic nitrogens is 2. The number of carbonyl (C=O) groups excluding carboxylic acids is 1. The van der Waals surface area contributed by atoms with E-state index in [9.17, 15) is 9.18 Å². The quantitative estimate of drug-likeness (QED) is 0.647. The van der Waals surface area contributed by atoms with Gasteiger partial charge in [0.15, 0.2) is 0 Å². The largest absolute Gasteiger partial charge is 0.349 e. The monoisotopic (exact) mass is 382 g/mol. The van der Waals surface area contributed by atoms with Gasteiger partial charge in [-0.1, -0.05) is 24.3 Å². The van der Waals surface area contributed by atoms with Crippen LogP contribution in [0.1, 0.15) is 30.0 Å². The highest BCUT2D eigenvalue weighted by Crippen LogP contribution is 2.19. The summed E-state index contributed by atoms with van der Waals surface area (Å²) in [5.41, 5.74) is 3.12. The van der Waals surface area contributed by atoms with Crippen LogP contribution in [-0.4, -0.2) is 41.2 Å². The Bertz CT molecular complexity index is 933. The fourth-order valence-electron chi connectivity index (χ4n) is 3.24. The molecule has 0 saturated heterocycles. The molecule has 5 nitrogen and oxygen atoms in total. The van der Waals surface area contributed by atoms with E-state index in [0.717, 1.165) is 29.4 Å². The molecule has 3 rings (SSSR count). The third kappa shape index (κ3) is 5.16. The normalized spacial score (nSPS) is 12.5. The molecular formula is C22H27FN4O. The van der Waals surface area contributed by atoms with Crippen molar-refractivity contribution in [1.29, 1.82) is 0 Å². The molecule has 1 N–H and O–H groups in total. The first-order valence-corrected chi connectivity index (χ1v) is 9.54. The van der Waals surface area contributed by atoms with Crippen molar-refractivity contribution < 1.29 is 9.18 Å². The first-order chi connectivity index (χ1) is 13.4. The number of hydrogen-bond acceptors (Lipinski definition) is 3. The summed E-state index contributed by atoms with van der Waals surface area (Å²) in [7, 11) is 3.99. The number of fused-ring (bicyclic) bond motifs is 1. The first kappa shape index (κ1) is 20.0. The second-order valence-corrected chi connectivity index (χ2v) is 7.44. The van der Waals surface area contributed by atoms with Crippen molar-refractivity contribution in [2.75, 3.05) is 20.6 Å². The maximum absolute atomic E-state index is 13.3. The topological polar surface area (TPSA) is 50.2 Å². The van der Waals surface area contributed by atoms with Crippen LogP contribution in [0.15, 0.2) is 48.7 Å². The number of aryl methyl sites for hydroxylation is 2. The third-order valence-electron chi connectivity index (χ3n) is 4.82. The average molecular weight is 382 g/mol. The van der Waals surface area contributed by atoms with E-state index in [0.29, 0.717) is 13.0 Å². The number of amides is 1. The summed E-state index contributed by atoms with van der Waals surface area (Å²) >= 11 is 0. The molecule has 0 bridgehead atoms. The molecule has 148 valence electrons. The standard InChI is InChI=1S/C22H27FN4O/c1-16-4-5-18-15-24-27(21(18)14-16)13-11-22(28)25-20(10-12-26(2)3)17-6-8-19(23)9-7-17/h4-9,14-15,20H,10-13H2,1-3H3,(H,25,28). The van der Waals surface area contributed by atoms with Crippen molar-refractivity contribution >= 4 is 16.8 Å². The van der Waals surface area contributed by atoms with E-state index in [4.69, 9.17) is 0 Å². The van der Waals surface area contributed by atoms with Gasteiger partial charge in [0.2, 0.25) is 5.91 Å². The van der Waals surface area contributed by atoms with E-state index < -0.39 is 0 Å². The van der Waals surface area contributed by atoms with Gasteiger partial charge in [-0.2, -0.15) is 5.10 Å². The van der Waals surface area contributed by atoms with Crippen molar-refractivity contribution in [2.45, 2.75) is 32.4 Å². The molecule has 28 heavy (non-hydrogen) atoms. The molecule has 1 atom stereocenters. The summed E-state index contributed by atoms with van der Waals surface area (Å²) in [6.45, 7) is 3.38. The number of benzene rings is 2. The molecule has 6 heteroatoms. The van der Waals surface area contributed by atoms with Gasteiger partial charge in [-0.05, 0) is 63.3 Å². The second-order valence-electron chi connectivity index (χ2n) is 7.44. The predicted molar refractivity (Wildman–Crippen MR) is 110 cm³/mol. The SMILES string of the molecule is Cc1ccc2cnn(CCC(=O)NC(CCN(C)C)c3ccc(F)cc3)c2c1. The Labute approximate surface area is 165 Å². The van der Waals surface area contributed by atoms with Crippen molar-refractivity contribution in [1.82, 2.24) is 20.0 Å². The van der Waals surface area contributed by atoms with Crippen molar-refractivity contribution in [3.05, 3.63) is 65.6 Å². The molecule has 0 aliphatic carbocycles. The van der Waals surface area contributed by atoms with Gasteiger partial charge in [0.1, 0.15) is 5.82 Å². The third-order valence-corrected chi connectivity index (χ3v) is 4.82. The highest BCUT2D eigenvalue weighted by molar-refractivity contribution is 5.80. The summed E-state index contributed by atoms with van der Waals surface area (Å²) < 4.78 is 15.1. The van der Waals surface area contributed by atoms with Gasteiger partial charge in [-0.15, -0.1) is 0 Å². The molecule has 1 unspecified atom stereocenters. The van der Waals surface area contributed by atoms with E-state index >= 15 is 0 Å². The number of carbonyl (C=O) groups is 1. The van der Waals surface area contributed by atoms with Crippen LogP contribution in [0.5, 0.6) is 0 Å². The van der Waals surface area contributed by atoms with Crippen LogP contribution in [-0.2, 0) is 11.3 Å². The second kappa shape index (κ2) is 8.97. The minimum Gasteiger partial charge on any atom is -0.349 e. The van der Waals surface area contributed by atoms with E-state index in [-0.39, 0.29) is 17.8 Å². The fraction of sp³-hybridized carbons (Fsp3) is 0.364. The van der Waals surface area contributed by atoms with Crippen LogP contribution in [0.3, 0.4) is 0 Å². The van der Waals surface area contributed by atoms with Gasteiger partial charge in [-0.3, -0.25) is 9.48 Å². The molecule has 0 spiro atoms. The molecule has 2 aromatic carbocycles. The van der Waals surface area contributed by atoms with E-state index in [1.807, 2.05) is 38.0 Å². The molecule has 0 saturated carbocycles. The molecule has 3 aromatic rings. The number of nitrogens with one attached hydrogen (secondary N) is 1. The number of rotatable bonds is 8. The number of halogens is 1. The maximum atomic E-state index is 13.3. The van der Waals surface area contributed by atoms with Gasteiger partial charge in [0, 0.05) is 11.8 Å². The number of nitrogens with zero attached hydrogens (tertiary/aromatic N) is 3. The molecule has 1 aromatic heterocycles. The van der Waals surface area contributed by atoms with Gasteiger partial charge in [0.25, 0.3) is 0 Å². The van der Waals surface area contributed by atoms with Gasteiger partial charge >= 0.3 is 0 Å². The van der Waals surface area contributed by atoms with Gasteiger partial charge in [0.05, 0.1) is 24.3 Å². The molecule has 0 radical (unpaired) electrons. The minimum atomic E-state index is -0.276. The van der Waals surface area contributed by atoms with Crippen molar-refractivity contribution in [2.24, 2.45) is 0 Å². The highest BCUT2D eigenvalue weighted by Gasteiger charge is 2.15. The summed E-state index contributed by atoms with van der Waals surface area (Å²) in [5, 5.41) is 8.57. The Balaban J connectivity index is 1.65. The molecule has 1 heterocycles. The summed E-state index contributed by atoms with van der Waals surface area (Å²) in [5.74, 6) is -0.313. The minimum absolute atomic E-state index is 0.0376. The van der Waals surface area contributed by atoms with E-state index in [2.05, 4.69) is 27.4 Å². The van der Waals surface area contributed by atoms with Gasteiger partial charge < -0.3 is 10.2 Å². The van der Waals surface area contributed by atoms with Crippen LogP contribution >= 0.6 is 0 Å². The Morgan fingerprint density at radius 2 is 1.96 bits per heavy atom. The van der Waals surface area contributed by atoms with Gasteiger partial charge in [-0.25, -0.2) is 4.39 Å².